The van der Waals surface area contributed by atoms with Gasteiger partial charge in [0, 0.05) is 39.2 Å². The number of pyridine rings is 1. The van der Waals surface area contributed by atoms with E-state index in [0.29, 0.717) is 38.5 Å². The van der Waals surface area contributed by atoms with Crippen molar-refractivity contribution in [3.63, 3.8) is 0 Å². The van der Waals surface area contributed by atoms with E-state index in [9.17, 15) is 4.79 Å². The number of ether oxygens (including phenoxy) is 3. The molecular weight excluding hydrogens is 358 g/mol. The van der Waals surface area contributed by atoms with Gasteiger partial charge in [0.2, 0.25) is 11.8 Å². The van der Waals surface area contributed by atoms with Gasteiger partial charge in [0.05, 0.1) is 31.1 Å². The van der Waals surface area contributed by atoms with E-state index in [1.807, 2.05) is 42.5 Å². The zero-order valence-electron chi connectivity index (χ0n) is 16.2. The highest BCUT2D eigenvalue weighted by Crippen LogP contribution is 2.36. The van der Waals surface area contributed by atoms with E-state index in [1.165, 1.54) is 0 Å². The highest BCUT2D eigenvalue weighted by molar-refractivity contribution is 5.99. The molecule has 1 fully saturated rings. The summed E-state index contributed by atoms with van der Waals surface area (Å²) in [6.07, 6.45) is 0.644. The highest BCUT2D eigenvalue weighted by atomic mass is 16.5. The molecule has 2 aliphatic heterocycles. The second-order valence-electron chi connectivity index (χ2n) is 7.04. The number of aromatic nitrogens is 1. The standard InChI is InChI=1S/C21H25N3O4/c1-26-11-10-24-17-7-3-4-8-19(17)28-16-12-18(21(24)25)23(14-16)13-15-6-5-9-20(22-15)27-2/h3-9,16,18H,10-14H2,1-2H3/t16-,18-/m0/s1. The number of methoxy groups -OCH3 is 2. The third-order valence-electron chi connectivity index (χ3n) is 5.24. The SMILES string of the molecule is COCCN1C(=O)[C@@H]2C[C@@H](CN2Cc2cccc(OC)n2)Oc2ccccc21. The Morgan fingerprint density at radius 2 is 2.04 bits per heavy atom. The number of amides is 1. The van der Waals surface area contributed by atoms with Crippen molar-refractivity contribution < 1.29 is 19.0 Å². The lowest BCUT2D eigenvalue weighted by molar-refractivity contribution is -0.123. The Labute approximate surface area is 164 Å². The molecule has 2 bridgehead atoms. The van der Waals surface area contributed by atoms with Crippen molar-refractivity contribution in [3.8, 4) is 11.6 Å². The average molecular weight is 383 g/mol. The van der Waals surface area contributed by atoms with Crippen LogP contribution in [0.2, 0.25) is 0 Å². The summed E-state index contributed by atoms with van der Waals surface area (Å²) in [6.45, 7) is 2.21. The minimum Gasteiger partial charge on any atom is -0.487 e. The second-order valence-corrected chi connectivity index (χ2v) is 7.04. The van der Waals surface area contributed by atoms with Crippen LogP contribution in [-0.4, -0.2) is 61.9 Å². The molecule has 2 aliphatic rings. The first kappa shape index (κ1) is 18.7. The average Bonchev–Trinajstić information content (AvgIpc) is 3.11. The van der Waals surface area contributed by atoms with Gasteiger partial charge in [0.15, 0.2) is 0 Å². The Kier molecular flexibility index (Phi) is 5.45. The van der Waals surface area contributed by atoms with Crippen molar-refractivity contribution in [1.29, 1.82) is 0 Å². The number of carbonyl (C=O) groups excluding carboxylic acids is 1. The van der Waals surface area contributed by atoms with Gasteiger partial charge >= 0.3 is 0 Å². The van der Waals surface area contributed by atoms with Crippen LogP contribution < -0.4 is 14.4 Å². The molecule has 4 rings (SSSR count). The minimum absolute atomic E-state index is 0.0229. The van der Waals surface area contributed by atoms with E-state index in [2.05, 4.69) is 9.88 Å². The molecule has 7 heteroatoms. The van der Waals surface area contributed by atoms with E-state index in [1.54, 1.807) is 19.1 Å². The van der Waals surface area contributed by atoms with Crippen molar-refractivity contribution in [1.82, 2.24) is 9.88 Å². The van der Waals surface area contributed by atoms with Gasteiger partial charge in [-0.25, -0.2) is 4.98 Å². The number of anilines is 1. The Bertz CT molecular complexity index is 844. The molecule has 148 valence electrons. The zero-order valence-corrected chi connectivity index (χ0v) is 16.2. The van der Waals surface area contributed by atoms with Crippen molar-refractivity contribution in [2.24, 2.45) is 0 Å². The molecular formula is C21H25N3O4. The van der Waals surface area contributed by atoms with Crippen molar-refractivity contribution >= 4 is 11.6 Å². The summed E-state index contributed by atoms with van der Waals surface area (Å²) in [7, 11) is 3.24. The Morgan fingerprint density at radius 3 is 2.86 bits per heavy atom. The predicted molar refractivity (Wildman–Crippen MR) is 105 cm³/mol. The molecule has 0 radical (unpaired) electrons. The molecule has 1 amide bonds. The van der Waals surface area contributed by atoms with Crippen LogP contribution in [0.1, 0.15) is 12.1 Å². The van der Waals surface area contributed by atoms with Crippen molar-refractivity contribution in [2.75, 3.05) is 38.8 Å². The number of hydrogen-bond acceptors (Lipinski definition) is 6. The maximum absolute atomic E-state index is 13.5. The largest absolute Gasteiger partial charge is 0.487 e. The molecule has 1 saturated heterocycles. The third kappa shape index (κ3) is 3.68. The zero-order chi connectivity index (χ0) is 19.5. The number of nitrogens with zero attached hydrogens (tertiary/aromatic N) is 3. The van der Waals surface area contributed by atoms with Gasteiger partial charge in [0.1, 0.15) is 11.9 Å². The van der Waals surface area contributed by atoms with E-state index in [0.717, 1.165) is 17.1 Å². The van der Waals surface area contributed by atoms with E-state index in [-0.39, 0.29) is 18.1 Å². The molecule has 0 spiro atoms. The van der Waals surface area contributed by atoms with Crippen LogP contribution in [0.5, 0.6) is 11.6 Å². The van der Waals surface area contributed by atoms with E-state index >= 15 is 0 Å². The summed E-state index contributed by atoms with van der Waals surface area (Å²) in [5.74, 6) is 1.40. The molecule has 0 unspecified atom stereocenters. The molecule has 1 aromatic heterocycles. The lowest BCUT2D eigenvalue weighted by atomic mass is 10.1. The molecule has 1 aromatic carbocycles. The topological polar surface area (TPSA) is 64.1 Å². The normalized spacial score (nSPS) is 21.6. The molecule has 0 aliphatic carbocycles. The number of rotatable bonds is 6. The number of fused-ring (bicyclic) bond motifs is 3. The fraction of sp³-hybridized carbons (Fsp3) is 0.429. The maximum Gasteiger partial charge on any atom is 0.244 e. The number of para-hydroxylation sites is 2. The molecule has 3 heterocycles. The van der Waals surface area contributed by atoms with Crippen molar-refractivity contribution in [3.05, 3.63) is 48.2 Å². The predicted octanol–water partition coefficient (Wildman–Crippen LogP) is 2.11. The van der Waals surface area contributed by atoms with Crippen LogP contribution in [0, 0.1) is 0 Å². The Morgan fingerprint density at radius 1 is 1.18 bits per heavy atom. The van der Waals surface area contributed by atoms with Crippen LogP contribution in [-0.2, 0) is 16.1 Å². The van der Waals surface area contributed by atoms with Gasteiger partial charge in [-0.1, -0.05) is 18.2 Å². The first-order valence-corrected chi connectivity index (χ1v) is 9.49. The first-order chi connectivity index (χ1) is 13.7. The maximum atomic E-state index is 13.5. The van der Waals surface area contributed by atoms with E-state index < -0.39 is 0 Å². The van der Waals surface area contributed by atoms with Gasteiger partial charge in [-0.3, -0.25) is 9.69 Å². The summed E-state index contributed by atoms with van der Waals surface area (Å²) in [5.41, 5.74) is 1.68. The first-order valence-electron chi connectivity index (χ1n) is 9.49. The van der Waals surface area contributed by atoms with Gasteiger partial charge in [-0.05, 0) is 18.2 Å². The van der Waals surface area contributed by atoms with Crippen molar-refractivity contribution in [2.45, 2.75) is 25.1 Å². The third-order valence-corrected chi connectivity index (χ3v) is 5.24. The fourth-order valence-corrected chi connectivity index (χ4v) is 3.92. The summed E-state index contributed by atoms with van der Waals surface area (Å²) in [4.78, 5) is 21.9. The van der Waals surface area contributed by atoms with Gasteiger partial charge in [-0.15, -0.1) is 0 Å². The van der Waals surface area contributed by atoms with Gasteiger partial charge in [-0.2, -0.15) is 0 Å². The van der Waals surface area contributed by atoms with Crippen LogP contribution in [0.25, 0.3) is 0 Å². The van der Waals surface area contributed by atoms with Gasteiger partial charge < -0.3 is 19.1 Å². The Balaban J connectivity index is 1.62. The number of likely N-dealkylation sites (tertiary alicyclic amines) is 1. The molecule has 0 N–H and O–H groups in total. The molecule has 0 saturated carbocycles. The summed E-state index contributed by atoms with van der Waals surface area (Å²) in [5, 5.41) is 0. The summed E-state index contributed by atoms with van der Waals surface area (Å²) in [6, 6.07) is 13.2. The molecule has 2 atom stereocenters. The minimum atomic E-state index is -0.247. The highest BCUT2D eigenvalue weighted by Gasteiger charge is 2.42. The van der Waals surface area contributed by atoms with E-state index in [4.69, 9.17) is 14.2 Å². The lowest BCUT2D eigenvalue weighted by Crippen LogP contribution is -2.47. The van der Waals surface area contributed by atoms with Crippen LogP contribution in [0.15, 0.2) is 42.5 Å². The summed E-state index contributed by atoms with van der Waals surface area (Å²) < 4.78 is 16.7. The monoisotopic (exact) mass is 383 g/mol. The summed E-state index contributed by atoms with van der Waals surface area (Å²) >= 11 is 0. The van der Waals surface area contributed by atoms with Crippen LogP contribution in [0.4, 0.5) is 5.69 Å². The lowest BCUT2D eigenvalue weighted by Gasteiger charge is -2.31. The number of carbonyl (C=O) groups is 1. The molecule has 28 heavy (non-hydrogen) atoms. The number of benzene rings is 1. The smallest absolute Gasteiger partial charge is 0.244 e. The quantitative estimate of drug-likeness (QED) is 0.761. The molecule has 2 aromatic rings. The van der Waals surface area contributed by atoms with Gasteiger partial charge in [0.25, 0.3) is 0 Å². The van der Waals surface area contributed by atoms with Crippen LogP contribution in [0.3, 0.4) is 0 Å². The second kappa shape index (κ2) is 8.16. The number of hydrogen-bond donors (Lipinski definition) is 0. The Hall–Kier alpha value is -2.64. The van der Waals surface area contributed by atoms with Crippen LogP contribution >= 0.6 is 0 Å². The fourth-order valence-electron chi connectivity index (χ4n) is 3.92. The molecule has 7 nitrogen and oxygen atoms in total.